The molecule has 16 heavy (non-hydrogen) atoms. The Hall–Kier alpha value is -1.29. The van der Waals surface area contributed by atoms with Crippen LogP contribution in [0, 0.1) is 5.82 Å². The molecule has 1 aliphatic rings. The Labute approximate surface area is 95.0 Å². The van der Waals surface area contributed by atoms with E-state index in [-0.39, 0.29) is 17.9 Å². The lowest BCUT2D eigenvalue weighted by Gasteiger charge is -2.40. The van der Waals surface area contributed by atoms with Gasteiger partial charge in [-0.25, -0.2) is 4.39 Å². The van der Waals surface area contributed by atoms with Crippen LogP contribution in [-0.4, -0.2) is 25.3 Å². The largest absolute Gasteiger partial charge is 0.399 e. The summed E-state index contributed by atoms with van der Waals surface area (Å²) in [6.45, 7) is 5.33. The number of ether oxygens (including phenoxy) is 1. The number of nitrogen functional groups attached to an aromatic ring is 1. The molecule has 2 rings (SSSR count). The summed E-state index contributed by atoms with van der Waals surface area (Å²) in [5, 5.41) is 0. The molecule has 1 aromatic carbocycles. The standard InChI is InChI=1S/C12H17FN2O/c1-8-6-16-7-9(2)15(8)12-4-3-10(14)5-11(12)13/h3-5,8-9H,6-7,14H2,1-2H3. The van der Waals surface area contributed by atoms with Gasteiger partial charge in [0.25, 0.3) is 0 Å². The van der Waals surface area contributed by atoms with Gasteiger partial charge < -0.3 is 15.4 Å². The number of hydrogen-bond donors (Lipinski definition) is 1. The molecule has 1 saturated heterocycles. The van der Waals surface area contributed by atoms with Crippen molar-refractivity contribution >= 4 is 11.4 Å². The molecule has 0 saturated carbocycles. The van der Waals surface area contributed by atoms with E-state index in [1.165, 1.54) is 6.07 Å². The van der Waals surface area contributed by atoms with Gasteiger partial charge in [0.05, 0.1) is 31.0 Å². The minimum atomic E-state index is -0.263. The Kier molecular flexibility index (Phi) is 3.01. The zero-order valence-corrected chi connectivity index (χ0v) is 9.61. The first-order chi connectivity index (χ1) is 7.59. The molecule has 1 aliphatic heterocycles. The van der Waals surface area contributed by atoms with Crippen molar-refractivity contribution in [2.24, 2.45) is 0 Å². The monoisotopic (exact) mass is 224 g/mol. The summed E-state index contributed by atoms with van der Waals surface area (Å²) in [6.07, 6.45) is 0. The molecule has 1 heterocycles. The van der Waals surface area contributed by atoms with E-state index in [1.807, 2.05) is 13.8 Å². The van der Waals surface area contributed by atoms with Crippen LogP contribution >= 0.6 is 0 Å². The number of halogens is 1. The Morgan fingerprint density at radius 1 is 1.31 bits per heavy atom. The summed E-state index contributed by atoms with van der Waals surface area (Å²) in [5.74, 6) is -0.263. The van der Waals surface area contributed by atoms with Gasteiger partial charge in [-0.2, -0.15) is 0 Å². The van der Waals surface area contributed by atoms with Gasteiger partial charge in [-0.15, -0.1) is 0 Å². The van der Waals surface area contributed by atoms with Crippen LogP contribution in [0.1, 0.15) is 13.8 Å². The molecule has 1 fully saturated rings. The number of rotatable bonds is 1. The average Bonchev–Trinajstić information content (AvgIpc) is 2.20. The minimum Gasteiger partial charge on any atom is -0.399 e. The van der Waals surface area contributed by atoms with Gasteiger partial charge in [0.1, 0.15) is 5.82 Å². The molecule has 1 aromatic rings. The average molecular weight is 224 g/mol. The second-order valence-corrected chi connectivity index (χ2v) is 4.35. The fourth-order valence-corrected chi connectivity index (χ4v) is 2.21. The highest BCUT2D eigenvalue weighted by Crippen LogP contribution is 2.27. The van der Waals surface area contributed by atoms with Crippen molar-refractivity contribution in [2.75, 3.05) is 23.8 Å². The van der Waals surface area contributed by atoms with Crippen molar-refractivity contribution in [1.29, 1.82) is 0 Å². The lowest BCUT2D eigenvalue weighted by molar-refractivity contribution is 0.0753. The van der Waals surface area contributed by atoms with E-state index in [2.05, 4.69) is 4.90 Å². The maximum atomic E-state index is 13.8. The summed E-state index contributed by atoms with van der Waals surface area (Å²) < 4.78 is 19.2. The smallest absolute Gasteiger partial charge is 0.148 e. The van der Waals surface area contributed by atoms with E-state index in [0.29, 0.717) is 24.6 Å². The van der Waals surface area contributed by atoms with Crippen LogP contribution in [0.4, 0.5) is 15.8 Å². The molecular formula is C12H17FN2O. The summed E-state index contributed by atoms with van der Waals surface area (Å²) in [6, 6.07) is 5.20. The molecule has 2 N–H and O–H groups in total. The number of anilines is 2. The van der Waals surface area contributed by atoms with Gasteiger partial charge in [0.2, 0.25) is 0 Å². The normalized spacial score (nSPS) is 25.8. The van der Waals surface area contributed by atoms with Crippen molar-refractivity contribution in [3.63, 3.8) is 0 Å². The lowest BCUT2D eigenvalue weighted by atomic mass is 10.1. The summed E-state index contributed by atoms with van der Waals surface area (Å²) in [4.78, 5) is 2.05. The molecule has 2 unspecified atom stereocenters. The van der Waals surface area contributed by atoms with Crippen LogP contribution < -0.4 is 10.6 Å². The minimum absolute atomic E-state index is 0.182. The Bertz CT molecular complexity index is 373. The number of hydrogen-bond acceptors (Lipinski definition) is 3. The van der Waals surface area contributed by atoms with E-state index in [9.17, 15) is 4.39 Å². The summed E-state index contributed by atoms with van der Waals surface area (Å²) in [7, 11) is 0. The number of morpholine rings is 1. The molecule has 0 radical (unpaired) electrons. The SMILES string of the molecule is CC1COCC(C)N1c1ccc(N)cc1F. The molecule has 2 atom stereocenters. The van der Waals surface area contributed by atoms with Crippen molar-refractivity contribution in [1.82, 2.24) is 0 Å². The van der Waals surface area contributed by atoms with Gasteiger partial charge in [0, 0.05) is 5.69 Å². The van der Waals surface area contributed by atoms with Crippen LogP contribution in [0.15, 0.2) is 18.2 Å². The van der Waals surface area contributed by atoms with E-state index in [1.54, 1.807) is 12.1 Å². The molecule has 0 amide bonds. The fourth-order valence-electron chi connectivity index (χ4n) is 2.21. The Morgan fingerprint density at radius 3 is 2.50 bits per heavy atom. The first-order valence-electron chi connectivity index (χ1n) is 5.50. The molecule has 4 heteroatoms. The Morgan fingerprint density at radius 2 is 1.94 bits per heavy atom. The topological polar surface area (TPSA) is 38.5 Å². The second-order valence-electron chi connectivity index (χ2n) is 4.35. The van der Waals surface area contributed by atoms with Crippen LogP contribution in [0.2, 0.25) is 0 Å². The first kappa shape index (κ1) is 11.2. The highest BCUT2D eigenvalue weighted by molar-refractivity contribution is 5.55. The van der Waals surface area contributed by atoms with Gasteiger partial charge >= 0.3 is 0 Å². The predicted molar refractivity (Wildman–Crippen MR) is 63.0 cm³/mol. The maximum Gasteiger partial charge on any atom is 0.148 e. The van der Waals surface area contributed by atoms with Crippen LogP contribution in [0.5, 0.6) is 0 Å². The van der Waals surface area contributed by atoms with Gasteiger partial charge in [-0.05, 0) is 32.0 Å². The van der Waals surface area contributed by atoms with Crippen LogP contribution in [0.25, 0.3) is 0 Å². The summed E-state index contributed by atoms with van der Waals surface area (Å²) in [5.41, 5.74) is 6.61. The highest BCUT2D eigenvalue weighted by atomic mass is 19.1. The molecule has 0 aliphatic carbocycles. The van der Waals surface area contributed by atoms with E-state index >= 15 is 0 Å². The maximum absolute atomic E-state index is 13.8. The first-order valence-corrected chi connectivity index (χ1v) is 5.50. The molecular weight excluding hydrogens is 207 g/mol. The molecule has 0 spiro atoms. The van der Waals surface area contributed by atoms with Crippen molar-refractivity contribution in [3.05, 3.63) is 24.0 Å². The number of nitrogens with zero attached hydrogens (tertiary/aromatic N) is 1. The fraction of sp³-hybridized carbons (Fsp3) is 0.500. The molecule has 3 nitrogen and oxygen atoms in total. The Balaban J connectivity index is 2.34. The van der Waals surface area contributed by atoms with Gasteiger partial charge in [-0.1, -0.05) is 0 Å². The number of nitrogens with two attached hydrogens (primary N) is 1. The van der Waals surface area contributed by atoms with Gasteiger partial charge in [-0.3, -0.25) is 0 Å². The third kappa shape index (κ3) is 1.97. The molecule has 0 bridgehead atoms. The van der Waals surface area contributed by atoms with Crippen LogP contribution in [-0.2, 0) is 4.74 Å². The third-order valence-electron chi connectivity index (χ3n) is 2.92. The molecule has 0 aromatic heterocycles. The van der Waals surface area contributed by atoms with Gasteiger partial charge in [0.15, 0.2) is 0 Å². The lowest BCUT2D eigenvalue weighted by Crippen LogP contribution is -2.50. The van der Waals surface area contributed by atoms with E-state index < -0.39 is 0 Å². The molecule has 88 valence electrons. The second kappa shape index (κ2) is 4.29. The van der Waals surface area contributed by atoms with Crippen molar-refractivity contribution in [2.45, 2.75) is 25.9 Å². The van der Waals surface area contributed by atoms with E-state index in [0.717, 1.165) is 0 Å². The zero-order valence-electron chi connectivity index (χ0n) is 9.61. The van der Waals surface area contributed by atoms with Crippen molar-refractivity contribution in [3.8, 4) is 0 Å². The highest BCUT2D eigenvalue weighted by Gasteiger charge is 2.27. The quantitative estimate of drug-likeness (QED) is 0.742. The van der Waals surface area contributed by atoms with Crippen LogP contribution in [0.3, 0.4) is 0 Å². The third-order valence-corrected chi connectivity index (χ3v) is 2.92. The zero-order chi connectivity index (χ0) is 11.7. The van der Waals surface area contributed by atoms with Crippen molar-refractivity contribution < 1.29 is 9.13 Å². The number of benzene rings is 1. The predicted octanol–water partition coefficient (Wildman–Crippen LogP) is 2.02. The summed E-state index contributed by atoms with van der Waals surface area (Å²) >= 11 is 0. The van der Waals surface area contributed by atoms with E-state index in [4.69, 9.17) is 10.5 Å².